The van der Waals surface area contributed by atoms with E-state index < -0.39 is 32.0 Å². The quantitative estimate of drug-likeness (QED) is 0.168. The third-order valence-electron chi connectivity index (χ3n) is 11.8. The van der Waals surface area contributed by atoms with Gasteiger partial charge in [-0.3, -0.25) is 24.1 Å². The first-order valence-electron chi connectivity index (χ1n) is 18.2. The Balaban J connectivity index is 1.27. The predicted octanol–water partition coefficient (Wildman–Crippen LogP) is 5.22. The first-order valence-corrected chi connectivity index (χ1v) is 22.1. The second-order valence-electron chi connectivity index (χ2n) is 15.2. The van der Waals surface area contributed by atoms with Crippen LogP contribution in [0.5, 0.6) is 5.75 Å². The van der Waals surface area contributed by atoms with Crippen molar-refractivity contribution in [1.82, 2.24) is 4.90 Å². The molecule has 4 heterocycles. The van der Waals surface area contributed by atoms with Gasteiger partial charge in [-0.25, -0.2) is 0 Å². The topological polar surface area (TPSA) is 126 Å². The van der Waals surface area contributed by atoms with E-state index in [2.05, 4.69) is 48.1 Å². The van der Waals surface area contributed by atoms with E-state index in [0.29, 0.717) is 12.2 Å². The third kappa shape index (κ3) is 6.38. The van der Waals surface area contributed by atoms with Gasteiger partial charge in [0.15, 0.2) is 11.8 Å². The number of carbonyl (C=O) groups excluding carboxylic acids is 4. The summed E-state index contributed by atoms with van der Waals surface area (Å²) in [6.07, 6.45) is 0.595. The lowest BCUT2D eigenvalue weighted by Gasteiger charge is -2.39. The van der Waals surface area contributed by atoms with Crippen molar-refractivity contribution in [2.24, 2.45) is 5.92 Å². The molecule has 4 aliphatic rings. The highest BCUT2D eigenvalue weighted by molar-refractivity contribution is 9.10. The maximum Gasteiger partial charge on any atom is 0.304 e. The van der Waals surface area contributed by atoms with Gasteiger partial charge < -0.3 is 29.1 Å². The third-order valence-corrected chi connectivity index (χ3v) is 16.7. The minimum atomic E-state index is -2.49. The molecule has 280 valence electrons. The summed E-state index contributed by atoms with van der Waals surface area (Å²) in [7, 11) is -0.853. The number of ether oxygens (including phenoxy) is 3. The van der Waals surface area contributed by atoms with Gasteiger partial charge >= 0.3 is 5.97 Å². The summed E-state index contributed by atoms with van der Waals surface area (Å²) in [4.78, 5) is 58.6. The average molecular weight is 805 g/mol. The lowest BCUT2D eigenvalue weighted by molar-refractivity contribution is -0.154. The second-order valence-corrected chi connectivity index (χ2v) is 20.8. The van der Waals surface area contributed by atoms with E-state index in [4.69, 9.17) is 14.2 Å². The standard InChI is InChI=1S/C40H46BrN3O8Si/c1-24-38(53(4,5)31-14-12-30(50-3)13-15-31)34(20-35(47)42-17-7-10-29(42)23-45)52-40(24)32-19-27(41)11-16-33(32)43(39(40)49)22-26-8-6-9-28(18-26)44-36(48)21-37(44)51-25(2)46/h6,8-9,11-16,18-19,24,29,34,37-38,45H,7,10,17,20-23H2,1-5H3/t24-,29-,34+,37?,38-,40+/m0/s1. The first kappa shape index (κ1) is 37.3. The van der Waals surface area contributed by atoms with Crippen LogP contribution in [-0.2, 0) is 40.8 Å². The minimum absolute atomic E-state index is 0.0680. The molecule has 7 rings (SSSR count). The van der Waals surface area contributed by atoms with E-state index >= 15 is 4.79 Å². The first-order chi connectivity index (χ1) is 25.3. The number of halogens is 1. The summed E-state index contributed by atoms with van der Waals surface area (Å²) >= 11 is 3.66. The monoisotopic (exact) mass is 803 g/mol. The van der Waals surface area contributed by atoms with Crippen LogP contribution in [-0.4, -0.2) is 80.4 Å². The van der Waals surface area contributed by atoms with Crippen molar-refractivity contribution in [3.8, 4) is 5.75 Å². The minimum Gasteiger partial charge on any atom is -0.497 e. The van der Waals surface area contributed by atoms with Gasteiger partial charge in [-0.1, -0.05) is 65.4 Å². The molecule has 0 radical (unpaired) electrons. The van der Waals surface area contributed by atoms with Crippen molar-refractivity contribution in [3.05, 3.63) is 82.3 Å². The molecule has 0 aromatic heterocycles. The Bertz CT molecular complexity index is 1940. The molecular weight excluding hydrogens is 758 g/mol. The fourth-order valence-electron chi connectivity index (χ4n) is 9.26. The number of β-lactam (4-membered cyclic amide) rings is 1. The van der Waals surface area contributed by atoms with E-state index in [0.717, 1.165) is 39.9 Å². The lowest BCUT2D eigenvalue weighted by atomic mass is 9.82. The van der Waals surface area contributed by atoms with Gasteiger partial charge in [0.2, 0.25) is 11.8 Å². The number of fused-ring (bicyclic) bond motifs is 2. The highest BCUT2D eigenvalue weighted by Crippen LogP contribution is 2.60. The Morgan fingerprint density at radius 3 is 2.51 bits per heavy atom. The number of aliphatic hydroxyl groups excluding tert-OH is 1. The fraction of sp³-hybridized carbons (Fsp3) is 0.450. The van der Waals surface area contributed by atoms with Crippen LogP contribution in [0, 0.1) is 5.92 Å². The van der Waals surface area contributed by atoms with Crippen LogP contribution in [0.1, 0.15) is 50.7 Å². The van der Waals surface area contributed by atoms with E-state index in [1.54, 1.807) is 23.0 Å². The molecule has 1 N–H and O–H groups in total. The van der Waals surface area contributed by atoms with Crippen LogP contribution in [0.2, 0.25) is 18.6 Å². The Labute approximate surface area is 319 Å². The number of anilines is 2. The molecule has 3 aromatic carbocycles. The fourth-order valence-corrected chi connectivity index (χ4v) is 13.6. The van der Waals surface area contributed by atoms with Crippen molar-refractivity contribution >= 4 is 64.3 Å². The molecule has 3 fully saturated rings. The highest BCUT2D eigenvalue weighted by atomic mass is 79.9. The zero-order valence-electron chi connectivity index (χ0n) is 30.7. The van der Waals surface area contributed by atoms with Crippen LogP contribution >= 0.6 is 15.9 Å². The number of likely N-dealkylation sites (tertiary alicyclic amines) is 1. The smallest absolute Gasteiger partial charge is 0.304 e. The van der Waals surface area contributed by atoms with Crippen LogP contribution in [0.3, 0.4) is 0 Å². The molecule has 13 heteroatoms. The summed E-state index contributed by atoms with van der Waals surface area (Å²) in [5.41, 5.74) is 1.35. The number of carbonyl (C=O) groups is 4. The van der Waals surface area contributed by atoms with E-state index in [-0.39, 0.29) is 61.2 Å². The maximum atomic E-state index is 15.2. The normalized spacial score (nSPS) is 26.6. The number of methoxy groups -OCH3 is 1. The molecule has 1 unspecified atom stereocenters. The molecule has 11 nitrogen and oxygen atoms in total. The average Bonchev–Trinajstić information content (AvgIpc) is 3.78. The summed E-state index contributed by atoms with van der Waals surface area (Å²) in [6.45, 7) is 8.70. The number of hydrogen-bond donors (Lipinski definition) is 1. The predicted molar refractivity (Wildman–Crippen MR) is 205 cm³/mol. The molecule has 0 aliphatic carbocycles. The maximum absolute atomic E-state index is 15.2. The number of aliphatic hydroxyl groups is 1. The van der Waals surface area contributed by atoms with Crippen molar-refractivity contribution < 1.29 is 38.5 Å². The Hall–Kier alpha value is -4.04. The van der Waals surface area contributed by atoms with Crippen molar-refractivity contribution in [2.75, 3.05) is 30.1 Å². The SMILES string of the molecule is COc1ccc([Si](C)(C)[C@@H]2[C@@H](CC(=O)N3CCC[C@H]3CO)O[C@]3(C(=O)N(Cc4cccc(N5C(=O)CC5OC(C)=O)c4)c4ccc(Br)cc43)[C@H]2C)cc1. The van der Waals surface area contributed by atoms with Crippen LogP contribution in [0.15, 0.2) is 71.2 Å². The van der Waals surface area contributed by atoms with Crippen molar-refractivity contribution in [3.63, 3.8) is 0 Å². The largest absolute Gasteiger partial charge is 0.497 e. The molecule has 6 atom stereocenters. The molecule has 3 amide bonds. The summed E-state index contributed by atoms with van der Waals surface area (Å²) in [5, 5.41) is 11.2. The zero-order chi connectivity index (χ0) is 37.8. The van der Waals surface area contributed by atoms with Crippen molar-refractivity contribution in [2.45, 2.75) is 88.7 Å². The van der Waals surface area contributed by atoms with Gasteiger partial charge in [0.05, 0.1) is 59.0 Å². The molecule has 0 bridgehead atoms. The van der Waals surface area contributed by atoms with Crippen molar-refractivity contribution in [1.29, 1.82) is 0 Å². The van der Waals surface area contributed by atoms with E-state index in [1.165, 1.54) is 17.0 Å². The summed E-state index contributed by atoms with van der Waals surface area (Å²) in [6, 6.07) is 21.1. The number of hydrogen-bond acceptors (Lipinski definition) is 8. The number of amides is 3. The molecule has 4 aliphatic heterocycles. The van der Waals surface area contributed by atoms with E-state index in [9.17, 15) is 19.5 Å². The highest BCUT2D eigenvalue weighted by Gasteiger charge is 2.66. The summed E-state index contributed by atoms with van der Waals surface area (Å²) in [5.74, 6) is -0.433. The van der Waals surface area contributed by atoms with Gasteiger partial charge in [0, 0.05) is 35.1 Å². The van der Waals surface area contributed by atoms with Gasteiger partial charge in [-0.05, 0) is 66.4 Å². The number of nitrogens with zero attached hydrogens (tertiary/aromatic N) is 3. The van der Waals surface area contributed by atoms with Crippen LogP contribution in [0.25, 0.3) is 0 Å². The van der Waals surface area contributed by atoms with Crippen LogP contribution in [0.4, 0.5) is 11.4 Å². The number of rotatable bonds is 10. The van der Waals surface area contributed by atoms with Crippen LogP contribution < -0.4 is 19.7 Å². The molecule has 53 heavy (non-hydrogen) atoms. The van der Waals surface area contributed by atoms with E-state index in [1.807, 2.05) is 48.5 Å². The number of esters is 1. The Kier molecular flexibility index (Phi) is 10.1. The lowest BCUT2D eigenvalue weighted by Crippen LogP contribution is -2.54. The molecule has 0 saturated carbocycles. The zero-order valence-corrected chi connectivity index (χ0v) is 33.3. The molecule has 3 aromatic rings. The van der Waals surface area contributed by atoms with Gasteiger partial charge in [0.25, 0.3) is 5.91 Å². The summed E-state index contributed by atoms with van der Waals surface area (Å²) < 4.78 is 18.8. The number of benzene rings is 3. The Morgan fingerprint density at radius 2 is 1.83 bits per heavy atom. The van der Waals surface area contributed by atoms with Gasteiger partial charge in [-0.2, -0.15) is 0 Å². The Morgan fingerprint density at radius 1 is 1.08 bits per heavy atom. The van der Waals surface area contributed by atoms with Gasteiger partial charge in [0.1, 0.15) is 5.75 Å². The molecule has 3 saturated heterocycles. The molecular formula is C40H46BrN3O8Si. The van der Waals surface area contributed by atoms with Gasteiger partial charge in [-0.15, -0.1) is 0 Å². The molecule has 1 spiro atoms. The second kappa shape index (κ2) is 14.3.